The van der Waals surface area contributed by atoms with Crippen molar-refractivity contribution in [2.24, 2.45) is 0 Å². The summed E-state index contributed by atoms with van der Waals surface area (Å²) in [5.41, 5.74) is -5.53. The Hall–Kier alpha value is -2.69. The molecule has 7 nitrogen and oxygen atoms in total. The van der Waals surface area contributed by atoms with Gasteiger partial charge in [0.2, 0.25) is 0 Å². The van der Waals surface area contributed by atoms with E-state index < -0.39 is 31.8 Å². The molecule has 0 atom stereocenters. The van der Waals surface area contributed by atoms with Gasteiger partial charge in [-0.15, -0.1) is 0 Å². The van der Waals surface area contributed by atoms with Gasteiger partial charge in [0.1, 0.15) is 5.82 Å². The number of sulfone groups is 1. The van der Waals surface area contributed by atoms with Crippen LogP contribution in [-0.4, -0.2) is 42.9 Å². The van der Waals surface area contributed by atoms with Gasteiger partial charge in [-0.25, -0.2) is 18.4 Å². The summed E-state index contributed by atoms with van der Waals surface area (Å²) < 4.78 is 62.2. The van der Waals surface area contributed by atoms with E-state index in [1.165, 1.54) is 6.07 Å². The number of nitrogens with zero attached hydrogens (tertiary/aromatic N) is 3. The Bertz CT molecular complexity index is 990. The van der Waals surface area contributed by atoms with E-state index in [2.05, 4.69) is 20.2 Å². The molecule has 2 aromatic heterocycles. The van der Waals surface area contributed by atoms with E-state index in [9.17, 15) is 26.4 Å². The Morgan fingerprint density at radius 1 is 1.07 bits per heavy atom. The van der Waals surface area contributed by atoms with E-state index in [1.807, 2.05) is 0 Å². The molecular weight excluding hydrogens is 409 g/mol. The van der Waals surface area contributed by atoms with Gasteiger partial charge in [-0.3, -0.25) is 4.79 Å². The molecule has 1 fully saturated rings. The molecule has 156 valence electrons. The molecule has 3 heterocycles. The Balaban J connectivity index is 1.82. The number of anilines is 1. The third-order valence-electron chi connectivity index (χ3n) is 4.54. The molecule has 1 saturated heterocycles. The highest BCUT2D eigenvalue weighted by Gasteiger charge is 2.49. The van der Waals surface area contributed by atoms with Gasteiger partial charge < -0.3 is 10.2 Å². The van der Waals surface area contributed by atoms with Crippen molar-refractivity contribution in [3.8, 4) is 0 Å². The van der Waals surface area contributed by atoms with Crippen LogP contribution in [0.4, 0.5) is 19.0 Å². The third-order valence-corrected chi connectivity index (χ3v) is 5.98. The van der Waals surface area contributed by atoms with Crippen LogP contribution in [0.1, 0.15) is 35.2 Å². The normalized spacial score (nSPS) is 15.2. The van der Waals surface area contributed by atoms with Crippen LogP contribution in [0.5, 0.6) is 0 Å². The standard InChI is InChI=1S/C18H19F3N4O3S/c19-18(20,21)29(27,28)17-14(7-5-9-23-17)16(26)24-12-13-6-4-8-22-15(13)25-10-2-1-3-11-25/h4-9H,1-3,10-12H2,(H,24,26). The number of amides is 1. The lowest BCUT2D eigenvalue weighted by atomic mass is 10.1. The van der Waals surface area contributed by atoms with E-state index in [4.69, 9.17) is 0 Å². The van der Waals surface area contributed by atoms with E-state index >= 15 is 0 Å². The zero-order valence-corrected chi connectivity index (χ0v) is 16.1. The fourth-order valence-electron chi connectivity index (χ4n) is 3.12. The average molecular weight is 428 g/mol. The summed E-state index contributed by atoms with van der Waals surface area (Å²) in [6.07, 6.45) is 5.70. The number of alkyl halides is 3. The highest BCUT2D eigenvalue weighted by atomic mass is 32.2. The smallest absolute Gasteiger partial charge is 0.356 e. The molecule has 0 aliphatic carbocycles. The second-order valence-corrected chi connectivity index (χ2v) is 8.38. The van der Waals surface area contributed by atoms with Crippen LogP contribution < -0.4 is 10.2 Å². The second-order valence-electron chi connectivity index (χ2n) is 6.52. The maximum absolute atomic E-state index is 12.9. The summed E-state index contributed by atoms with van der Waals surface area (Å²) in [6, 6.07) is 5.65. The highest BCUT2D eigenvalue weighted by molar-refractivity contribution is 7.92. The van der Waals surface area contributed by atoms with Crippen molar-refractivity contribution in [1.29, 1.82) is 0 Å². The third kappa shape index (κ3) is 4.50. The van der Waals surface area contributed by atoms with Gasteiger partial charge in [-0.05, 0) is 37.5 Å². The zero-order chi connectivity index (χ0) is 21.1. The van der Waals surface area contributed by atoms with Crippen molar-refractivity contribution in [3.63, 3.8) is 0 Å². The number of hydrogen-bond donors (Lipinski definition) is 1. The predicted molar refractivity (Wildman–Crippen MR) is 98.9 cm³/mol. The number of carbonyl (C=O) groups is 1. The van der Waals surface area contributed by atoms with Gasteiger partial charge in [-0.2, -0.15) is 13.2 Å². The zero-order valence-electron chi connectivity index (χ0n) is 15.3. The quantitative estimate of drug-likeness (QED) is 0.787. The minimum atomic E-state index is -5.75. The Morgan fingerprint density at radius 2 is 1.72 bits per heavy atom. The number of pyridine rings is 2. The number of nitrogens with one attached hydrogen (secondary N) is 1. The fourth-order valence-corrected chi connectivity index (χ4v) is 3.99. The highest BCUT2D eigenvalue weighted by Crippen LogP contribution is 2.31. The number of halogens is 3. The van der Waals surface area contributed by atoms with Gasteiger partial charge >= 0.3 is 5.51 Å². The van der Waals surface area contributed by atoms with Crippen LogP contribution in [0.25, 0.3) is 0 Å². The number of carbonyl (C=O) groups excluding carboxylic acids is 1. The molecule has 0 saturated carbocycles. The van der Waals surface area contributed by atoms with E-state index in [0.717, 1.165) is 44.6 Å². The largest absolute Gasteiger partial charge is 0.503 e. The molecule has 3 rings (SSSR count). The molecule has 2 aromatic rings. The first-order chi connectivity index (χ1) is 13.7. The second kappa shape index (κ2) is 8.36. The van der Waals surface area contributed by atoms with Crippen LogP contribution >= 0.6 is 0 Å². The lowest BCUT2D eigenvalue weighted by molar-refractivity contribution is -0.0438. The van der Waals surface area contributed by atoms with E-state index in [0.29, 0.717) is 11.4 Å². The Kier molecular flexibility index (Phi) is 6.06. The van der Waals surface area contributed by atoms with E-state index in [-0.39, 0.29) is 6.54 Å². The minimum absolute atomic E-state index is 0.0150. The summed E-state index contributed by atoms with van der Waals surface area (Å²) in [5.74, 6) is -0.267. The topological polar surface area (TPSA) is 92.3 Å². The summed E-state index contributed by atoms with van der Waals surface area (Å²) in [5, 5.41) is 1.17. The SMILES string of the molecule is O=C(NCc1cccnc1N1CCCCC1)c1cccnc1S(=O)(=O)C(F)(F)F. The van der Waals surface area contributed by atoms with Crippen LogP contribution in [0.15, 0.2) is 41.7 Å². The maximum atomic E-state index is 12.9. The van der Waals surface area contributed by atoms with Crippen LogP contribution in [0.2, 0.25) is 0 Å². The fraction of sp³-hybridized carbons (Fsp3) is 0.389. The molecule has 0 radical (unpaired) electrons. The molecule has 0 unspecified atom stereocenters. The van der Waals surface area contributed by atoms with Crippen LogP contribution in [0, 0.1) is 0 Å². The number of hydrogen-bond acceptors (Lipinski definition) is 6. The predicted octanol–water partition coefficient (Wildman–Crippen LogP) is 2.69. The van der Waals surface area contributed by atoms with Gasteiger partial charge in [0.15, 0.2) is 5.03 Å². The molecule has 0 spiro atoms. The average Bonchev–Trinajstić information content (AvgIpc) is 2.72. The van der Waals surface area contributed by atoms with Crippen molar-refractivity contribution >= 4 is 21.6 Å². The molecular formula is C18H19F3N4O3S. The molecule has 1 N–H and O–H groups in total. The maximum Gasteiger partial charge on any atom is 0.503 e. The minimum Gasteiger partial charge on any atom is -0.356 e. The first-order valence-corrected chi connectivity index (χ1v) is 10.4. The lowest BCUT2D eigenvalue weighted by Crippen LogP contribution is -2.33. The van der Waals surface area contributed by atoms with Crippen LogP contribution in [-0.2, 0) is 16.4 Å². The monoisotopic (exact) mass is 428 g/mol. The summed E-state index contributed by atoms with van der Waals surface area (Å²) in [7, 11) is -5.75. The lowest BCUT2D eigenvalue weighted by Gasteiger charge is -2.29. The van der Waals surface area contributed by atoms with Gasteiger partial charge in [0.05, 0.1) is 5.56 Å². The van der Waals surface area contributed by atoms with Crippen LogP contribution in [0.3, 0.4) is 0 Å². The van der Waals surface area contributed by atoms with Crippen molar-refractivity contribution < 1.29 is 26.4 Å². The van der Waals surface area contributed by atoms with Gasteiger partial charge in [0, 0.05) is 37.6 Å². The Morgan fingerprint density at radius 3 is 2.41 bits per heavy atom. The molecule has 11 heteroatoms. The molecule has 1 aliphatic heterocycles. The molecule has 0 aromatic carbocycles. The number of aromatic nitrogens is 2. The molecule has 1 aliphatic rings. The molecule has 0 bridgehead atoms. The van der Waals surface area contributed by atoms with Gasteiger partial charge in [0.25, 0.3) is 15.7 Å². The number of rotatable bonds is 5. The molecule has 1 amide bonds. The van der Waals surface area contributed by atoms with Crippen molar-refractivity contribution in [1.82, 2.24) is 15.3 Å². The summed E-state index contributed by atoms with van der Waals surface area (Å²) >= 11 is 0. The first-order valence-electron chi connectivity index (χ1n) is 8.95. The van der Waals surface area contributed by atoms with Crippen molar-refractivity contribution in [2.45, 2.75) is 36.3 Å². The Labute approximate surface area is 165 Å². The summed E-state index contributed by atoms with van der Waals surface area (Å²) in [4.78, 5) is 22.2. The van der Waals surface area contributed by atoms with E-state index in [1.54, 1.807) is 18.3 Å². The summed E-state index contributed by atoms with van der Waals surface area (Å²) in [6.45, 7) is 1.64. The first kappa shape index (κ1) is 21.0. The van der Waals surface area contributed by atoms with Crippen molar-refractivity contribution in [2.75, 3.05) is 18.0 Å². The molecule has 29 heavy (non-hydrogen) atoms. The van der Waals surface area contributed by atoms with Crippen molar-refractivity contribution in [3.05, 3.63) is 47.8 Å². The van der Waals surface area contributed by atoms with Gasteiger partial charge in [-0.1, -0.05) is 6.07 Å². The number of piperidine rings is 1.